The van der Waals surface area contributed by atoms with E-state index >= 15 is 0 Å². The first-order chi connectivity index (χ1) is 11.2. The summed E-state index contributed by atoms with van der Waals surface area (Å²) in [7, 11) is 0. The van der Waals surface area contributed by atoms with Crippen molar-refractivity contribution in [2.45, 2.75) is 26.7 Å². The molecule has 6 nitrogen and oxygen atoms in total. The van der Waals surface area contributed by atoms with Crippen LogP contribution in [-0.4, -0.2) is 29.3 Å². The lowest BCUT2D eigenvalue weighted by Gasteiger charge is -2.07. The Hall–Kier alpha value is -2.63. The number of ether oxygens (including phenoxy) is 1. The van der Waals surface area contributed by atoms with Gasteiger partial charge in [0, 0.05) is 12.2 Å². The van der Waals surface area contributed by atoms with Crippen molar-refractivity contribution in [3.05, 3.63) is 42.1 Å². The van der Waals surface area contributed by atoms with Gasteiger partial charge >= 0.3 is 0 Å². The van der Waals surface area contributed by atoms with Gasteiger partial charge in [0.25, 0.3) is 5.91 Å². The number of nitrogens with one attached hydrogen (secondary N) is 2. The van der Waals surface area contributed by atoms with E-state index in [9.17, 15) is 4.79 Å². The van der Waals surface area contributed by atoms with Crippen molar-refractivity contribution >= 4 is 17.4 Å². The number of amides is 1. The molecule has 0 aliphatic carbocycles. The molecule has 0 spiro atoms. The highest BCUT2D eigenvalue weighted by atomic mass is 16.5. The Morgan fingerprint density at radius 3 is 2.48 bits per heavy atom. The summed E-state index contributed by atoms with van der Waals surface area (Å²) in [5.41, 5.74) is 1.20. The van der Waals surface area contributed by atoms with Gasteiger partial charge in [-0.1, -0.05) is 13.3 Å². The summed E-state index contributed by atoms with van der Waals surface area (Å²) >= 11 is 0. The van der Waals surface area contributed by atoms with Crippen molar-refractivity contribution < 1.29 is 9.53 Å². The third kappa shape index (κ3) is 5.25. The molecule has 6 heteroatoms. The molecule has 0 bridgehead atoms. The van der Waals surface area contributed by atoms with E-state index in [0.717, 1.165) is 24.3 Å². The molecule has 0 saturated carbocycles. The summed E-state index contributed by atoms with van der Waals surface area (Å²) in [6.07, 6.45) is 1.99. The predicted octanol–water partition coefficient (Wildman–Crippen LogP) is 3.15. The Morgan fingerprint density at radius 1 is 1.09 bits per heavy atom. The quantitative estimate of drug-likeness (QED) is 0.732. The van der Waals surface area contributed by atoms with E-state index in [0.29, 0.717) is 24.7 Å². The number of carbonyl (C=O) groups excluding carboxylic acids is 1. The van der Waals surface area contributed by atoms with Crippen molar-refractivity contribution in [1.82, 2.24) is 15.5 Å². The molecule has 0 unspecified atom stereocenters. The van der Waals surface area contributed by atoms with Gasteiger partial charge < -0.3 is 15.4 Å². The number of hydrogen-bond donors (Lipinski definition) is 2. The summed E-state index contributed by atoms with van der Waals surface area (Å²) in [5, 5.41) is 13.9. The fraction of sp³-hybridized carbons (Fsp3) is 0.353. The zero-order valence-electron chi connectivity index (χ0n) is 13.5. The second kappa shape index (κ2) is 8.73. The third-order valence-electron chi connectivity index (χ3n) is 3.15. The third-order valence-corrected chi connectivity index (χ3v) is 3.15. The molecule has 1 aromatic heterocycles. The van der Waals surface area contributed by atoms with Gasteiger partial charge in [-0.3, -0.25) is 4.79 Å². The maximum absolute atomic E-state index is 11.8. The van der Waals surface area contributed by atoms with Gasteiger partial charge in [0.15, 0.2) is 11.5 Å². The van der Waals surface area contributed by atoms with Crippen LogP contribution in [0, 0.1) is 0 Å². The number of benzene rings is 1. The van der Waals surface area contributed by atoms with Crippen LogP contribution >= 0.6 is 0 Å². The summed E-state index contributed by atoms with van der Waals surface area (Å²) in [4.78, 5) is 11.8. The number of unbranched alkanes of at least 4 members (excludes halogenated alkanes) is 1. The number of carbonyl (C=O) groups is 1. The van der Waals surface area contributed by atoms with Crippen LogP contribution in [0.5, 0.6) is 5.75 Å². The van der Waals surface area contributed by atoms with E-state index in [2.05, 4.69) is 27.8 Å². The highest BCUT2D eigenvalue weighted by Crippen LogP contribution is 2.18. The van der Waals surface area contributed by atoms with Crippen molar-refractivity contribution in [2.75, 3.05) is 18.5 Å². The number of nitrogens with zero attached hydrogens (tertiary/aromatic N) is 2. The molecular formula is C17H22N4O2. The van der Waals surface area contributed by atoms with E-state index in [1.165, 1.54) is 0 Å². The van der Waals surface area contributed by atoms with Gasteiger partial charge in [-0.25, -0.2) is 0 Å². The van der Waals surface area contributed by atoms with Gasteiger partial charge in [-0.05, 0) is 49.7 Å². The largest absolute Gasteiger partial charge is 0.494 e. The van der Waals surface area contributed by atoms with Crippen LogP contribution in [0.25, 0.3) is 0 Å². The smallest absolute Gasteiger partial charge is 0.271 e. The number of rotatable bonds is 8. The Labute approximate surface area is 136 Å². The average Bonchev–Trinajstić information content (AvgIpc) is 2.58. The molecule has 0 aliphatic heterocycles. The van der Waals surface area contributed by atoms with Gasteiger partial charge in [0.1, 0.15) is 5.75 Å². The Kier molecular flexibility index (Phi) is 6.35. The first-order valence-electron chi connectivity index (χ1n) is 7.84. The van der Waals surface area contributed by atoms with Crippen molar-refractivity contribution in [2.24, 2.45) is 0 Å². The summed E-state index contributed by atoms with van der Waals surface area (Å²) in [6.45, 7) is 5.32. The topological polar surface area (TPSA) is 76.1 Å². The van der Waals surface area contributed by atoms with Gasteiger partial charge in [-0.15, -0.1) is 10.2 Å². The van der Waals surface area contributed by atoms with E-state index in [1.807, 2.05) is 31.2 Å². The number of hydrogen-bond acceptors (Lipinski definition) is 5. The first-order valence-corrected chi connectivity index (χ1v) is 7.84. The fourth-order valence-corrected chi connectivity index (χ4v) is 1.94. The average molecular weight is 314 g/mol. The minimum absolute atomic E-state index is 0.196. The molecule has 2 N–H and O–H groups in total. The zero-order chi connectivity index (χ0) is 16.5. The van der Waals surface area contributed by atoms with E-state index in [4.69, 9.17) is 4.74 Å². The molecule has 2 aromatic rings. The molecule has 0 saturated heterocycles. The van der Waals surface area contributed by atoms with Crippen LogP contribution in [0.1, 0.15) is 37.2 Å². The van der Waals surface area contributed by atoms with E-state index < -0.39 is 0 Å². The second-order valence-electron chi connectivity index (χ2n) is 5.00. The van der Waals surface area contributed by atoms with Gasteiger partial charge in [0.05, 0.1) is 6.61 Å². The van der Waals surface area contributed by atoms with Crippen molar-refractivity contribution in [3.63, 3.8) is 0 Å². The molecule has 0 fully saturated rings. The van der Waals surface area contributed by atoms with Gasteiger partial charge in [-0.2, -0.15) is 0 Å². The lowest BCUT2D eigenvalue weighted by molar-refractivity contribution is 0.0947. The molecule has 1 heterocycles. The van der Waals surface area contributed by atoms with Crippen molar-refractivity contribution in [1.29, 1.82) is 0 Å². The Bertz CT molecular complexity index is 611. The molecule has 0 aliphatic rings. The Morgan fingerprint density at radius 2 is 1.87 bits per heavy atom. The minimum atomic E-state index is -0.196. The Balaban J connectivity index is 1.92. The molecule has 0 atom stereocenters. The highest BCUT2D eigenvalue weighted by molar-refractivity contribution is 5.92. The molecule has 23 heavy (non-hydrogen) atoms. The summed E-state index contributed by atoms with van der Waals surface area (Å²) in [6, 6.07) is 11.0. The van der Waals surface area contributed by atoms with Crippen LogP contribution in [0.4, 0.5) is 11.5 Å². The van der Waals surface area contributed by atoms with E-state index in [-0.39, 0.29) is 5.91 Å². The molecule has 1 aromatic carbocycles. The lowest BCUT2D eigenvalue weighted by atomic mass is 10.3. The summed E-state index contributed by atoms with van der Waals surface area (Å²) in [5.74, 6) is 1.21. The zero-order valence-corrected chi connectivity index (χ0v) is 13.5. The molecule has 122 valence electrons. The molecule has 1 amide bonds. The van der Waals surface area contributed by atoms with Crippen LogP contribution in [0.15, 0.2) is 36.4 Å². The van der Waals surface area contributed by atoms with Gasteiger partial charge in [0.2, 0.25) is 0 Å². The van der Waals surface area contributed by atoms with Crippen LogP contribution in [0.2, 0.25) is 0 Å². The maximum Gasteiger partial charge on any atom is 0.271 e. The minimum Gasteiger partial charge on any atom is -0.494 e. The standard InChI is InChI=1S/C17H22N4O2/c1-3-5-12-18-17(22)15-10-11-16(21-20-15)19-13-6-8-14(9-7-13)23-4-2/h6-11H,3-5,12H2,1-2H3,(H,18,22)(H,19,21). The van der Waals surface area contributed by atoms with Crippen LogP contribution in [-0.2, 0) is 0 Å². The first kappa shape index (κ1) is 16.7. The molecular weight excluding hydrogens is 292 g/mol. The highest BCUT2D eigenvalue weighted by Gasteiger charge is 2.07. The maximum atomic E-state index is 11.8. The lowest BCUT2D eigenvalue weighted by Crippen LogP contribution is -2.25. The number of aromatic nitrogens is 2. The summed E-state index contributed by atoms with van der Waals surface area (Å²) < 4.78 is 5.39. The normalized spacial score (nSPS) is 10.2. The molecule has 0 radical (unpaired) electrons. The fourth-order valence-electron chi connectivity index (χ4n) is 1.94. The SMILES string of the molecule is CCCCNC(=O)c1ccc(Nc2ccc(OCC)cc2)nn1. The van der Waals surface area contributed by atoms with Crippen LogP contribution in [0.3, 0.4) is 0 Å². The predicted molar refractivity (Wildman–Crippen MR) is 90.2 cm³/mol. The second-order valence-corrected chi connectivity index (χ2v) is 5.00. The number of anilines is 2. The van der Waals surface area contributed by atoms with E-state index in [1.54, 1.807) is 12.1 Å². The van der Waals surface area contributed by atoms with Crippen LogP contribution < -0.4 is 15.4 Å². The molecule has 2 rings (SSSR count). The van der Waals surface area contributed by atoms with Crippen molar-refractivity contribution in [3.8, 4) is 5.75 Å². The monoisotopic (exact) mass is 314 g/mol.